The molecule has 0 aliphatic rings. The van der Waals surface area contributed by atoms with Crippen molar-refractivity contribution >= 4 is 17.5 Å². The molecule has 0 radical (unpaired) electrons. The van der Waals surface area contributed by atoms with Crippen molar-refractivity contribution in [1.82, 2.24) is 5.32 Å². The quantitative estimate of drug-likeness (QED) is 0.594. The Morgan fingerprint density at radius 3 is 2.38 bits per heavy atom. The van der Waals surface area contributed by atoms with Crippen LogP contribution in [-0.2, 0) is 4.79 Å². The number of carbonyl (C=O) groups is 2. The second-order valence-electron chi connectivity index (χ2n) is 5.28. The molecule has 0 aliphatic heterocycles. The Kier molecular flexibility index (Phi) is 6.84. The number of aliphatic hydroxyl groups excluding tert-OH is 1. The zero-order valence-corrected chi connectivity index (χ0v) is 12.4. The number of nitrogens with one attached hydrogen (secondary N) is 2. The Morgan fingerprint density at radius 1 is 1.24 bits per heavy atom. The summed E-state index contributed by atoms with van der Waals surface area (Å²) >= 11 is 0. The molecule has 1 aromatic carbocycles. The van der Waals surface area contributed by atoms with Crippen molar-refractivity contribution in [3.05, 3.63) is 29.8 Å². The summed E-state index contributed by atoms with van der Waals surface area (Å²) in [5, 5.41) is 13.9. The van der Waals surface area contributed by atoms with E-state index in [1.807, 2.05) is 13.8 Å². The summed E-state index contributed by atoms with van der Waals surface area (Å²) in [6, 6.07) is 5.96. The highest BCUT2D eigenvalue weighted by molar-refractivity contribution is 5.97. The minimum Gasteiger partial charge on any atom is -0.395 e. The lowest BCUT2D eigenvalue weighted by Gasteiger charge is -2.14. The molecule has 0 spiro atoms. The molecule has 5 N–H and O–H groups in total. The standard InChI is InChI=1S/C15H23N3O3/c1-10(2)9-13(16)15(21)18-12-5-3-11(4-6-12)14(20)17-7-8-19/h3-6,10,13,19H,7-9,16H2,1-2H3,(H,17,20)(H,18,21)/t13-/m0/s1. The second kappa shape index (κ2) is 8.39. The first-order valence-corrected chi connectivity index (χ1v) is 6.99. The van der Waals surface area contributed by atoms with Gasteiger partial charge >= 0.3 is 0 Å². The molecule has 0 fully saturated rings. The van der Waals surface area contributed by atoms with Gasteiger partial charge in [0.15, 0.2) is 0 Å². The lowest BCUT2D eigenvalue weighted by molar-refractivity contribution is -0.117. The SMILES string of the molecule is CC(C)C[C@H](N)C(=O)Nc1ccc(C(=O)NCCO)cc1. The van der Waals surface area contributed by atoms with Crippen LogP contribution in [0.1, 0.15) is 30.6 Å². The summed E-state index contributed by atoms with van der Waals surface area (Å²) in [4.78, 5) is 23.5. The summed E-state index contributed by atoms with van der Waals surface area (Å²) in [5.41, 5.74) is 6.86. The summed E-state index contributed by atoms with van der Waals surface area (Å²) in [7, 11) is 0. The van der Waals surface area contributed by atoms with Crippen LogP contribution < -0.4 is 16.4 Å². The van der Waals surface area contributed by atoms with E-state index < -0.39 is 6.04 Å². The van der Waals surface area contributed by atoms with Crippen LogP contribution in [0, 0.1) is 5.92 Å². The third-order valence-electron chi connectivity index (χ3n) is 2.87. The van der Waals surface area contributed by atoms with Crippen LogP contribution >= 0.6 is 0 Å². The third kappa shape index (κ3) is 5.93. The van der Waals surface area contributed by atoms with E-state index in [0.29, 0.717) is 23.6 Å². The van der Waals surface area contributed by atoms with Crippen molar-refractivity contribution in [2.24, 2.45) is 11.7 Å². The van der Waals surface area contributed by atoms with E-state index >= 15 is 0 Å². The van der Waals surface area contributed by atoms with E-state index in [-0.39, 0.29) is 25.0 Å². The predicted octanol–water partition coefficient (Wildman–Crippen LogP) is 0.721. The van der Waals surface area contributed by atoms with Crippen LogP contribution in [-0.4, -0.2) is 36.1 Å². The summed E-state index contributed by atoms with van der Waals surface area (Å²) < 4.78 is 0. The van der Waals surface area contributed by atoms with Gasteiger partial charge < -0.3 is 21.5 Å². The highest BCUT2D eigenvalue weighted by Crippen LogP contribution is 2.11. The van der Waals surface area contributed by atoms with Crippen molar-refractivity contribution in [3.8, 4) is 0 Å². The molecule has 21 heavy (non-hydrogen) atoms. The van der Waals surface area contributed by atoms with Crippen molar-refractivity contribution in [2.75, 3.05) is 18.5 Å². The second-order valence-corrected chi connectivity index (χ2v) is 5.28. The number of benzene rings is 1. The normalized spacial score (nSPS) is 12.0. The fraction of sp³-hybridized carbons (Fsp3) is 0.467. The maximum atomic E-state index is 11.9. The number of nitrogens with two attached hydrogens (primary N) is 1. The molecule has 0 heterocycles. The number of amides is 2. The zero-order valence-electron chi connectivity index (χ0n) is 12.4. The van der Waals surface area contributed by atoms with Gasteiger partial charge in [0, 0.05) is 17.8 Å². The van der Waals surface area contributed by atoms with Crippen LogP contribution in [0.5, 0.6) is 0 Å². The Bertz CT molecular complexity index is 472. The third-order valence-corrected chi connectivity index (χ3v) is 2.87. The molecule has 1 atom stereocenters. The summed E-state index contributed by atoms with van der Waals surface area (Å²) in [6.07, 6.45) is 0.619. The van der Waals surface area contributed by atoms with Gasteiger partial charge in [-0.05, 0) is 36.6 Å². The molecule has 1 rings (SSSR count). The van der Waals surface area contributed by atoms with E-state index in [4.69, 9.17) is 10.8 Å². The molecule has 0 bridgehead atoms. The number of hydrogen-bond acceptors (Lipinski definition) is 4. The highest BCUT2D eigenvalue weighted by Gasteiger charge is 2.15. The van der Waals surface area contributed by atoms with Gasteiger partial charge in [0.2, 0.25) is 5.91 Å². The van der Waals surface area contributed by atoms with Crippen LogP contribution in [0.3, 0.4) is 0 Å². The number of hydrogen-bond donors (Lipinski definition) is 4. The Morgan fingerprint density at radius 2 is 1.86 bits per heavy atom. The number of aliphatic hydroxyl groups is 1. The van der Waals surface area contributed by atoms with Gasteiger partial charge in [-0.3, -0.25) is 9.59 Å². The Balaban J connectivity index is 2.58. The van der Waals surface area contributed by atoms with Gasteiger partial charge in [-0.1, -0.05) is 13.8 Å². The van der Waals surface area contributed by atoms with Crippen molar-refractivity contribution < 1.29 is 14.7 Å². The van der Waals surface area contributed by atoms with E-state index in [9.17, 15) is 9.59 Å². The first kappa shape index (κ1) is 17.1. The summed E-state index contributed by atoms with van der Waals surface area (Å²) in [5.74, 6) is -0.150. The van der Waals surface area contributed by atoms with Gasteiger partial charge in [0.05, 0.1) is 12.6 Å². The zero-order chi connectivity index (χ0) is 15.8. The molecule has 0 unspecified atom stereocenters. The molecule has 6 nitrogen and oxygen atoms in total. The van der Waals surface area contributed by atoms with Gasteiger partial charge in [0.25, 0.3) is 5.91 Å². The molecule has 2 amide bonds. The number of anilines is 1. The molecule has 116 valence electrons. The molecule has 0 saturated carbocycles. The van der Waals surface area contributed by atoms with E-state index in [1.54, 1.807) is 24.3 Å². The van der Waals surface area contributed by atoms with Gasteiger partial charge in [-0.15, -0.1) is 0 Å². The monoisotopic (exact) mass is 293 g/mol. The lowest BCUT2D eigenvalue weighted by atomic mass is 10.0. The molecular formula is C15H23N3O3. The molecule has 6 heteroatoms. The Labute approximate surface area is 124 Å². The largest absolute Gasteiger partial charge is 0.395 e. The highest BCUT2D eigenvalue weighted by atomic mass is 16.3. The molecule has 0 aromatic heterocycles. The average Bonchev–Trinajstić information content (AvgIpc) is 2.44. The number of rotatable bonds is 7. The van der Waals surface area contributed by atoms with Gasteiger partial charge in [0.1, 0.15) is 0 Å². The fourth-order valence-electron chi connectivity index (χ4n) is 1.83. The average molecular weight is 293 g/mol. The van der Waals surface area contributed by atoms with Crippen molar-refractivity contribution in [1.29, 1.82) is 0 Å². The van der Waals surface area contributed by atoms with Crippen LogP contribution in [0.25, 0.3) is 0 Å². The molecule has 0 aliphatic carbocycles. The molecule has 1 aromatic rings. The maximum absolute atomic E-state index is 11.9. The summed E-state index contributed by atoms with van der Waals surface area (Å²) in [6.45, 7) is 4.12. The maximum Gasteiger partial charge on any atom is 0.251 e. The van der Waals surface area contributed by atoms with Crippen molar-refractivity contribution in [2.45, 2.75) is 26.3 Å². The lowest BCUT2D eigenvalue weighted by Crippen LogP contribution is -2.36. The first-order valence-electron chi connectivity index (χ1n) is 6.99. The predicted molar refractivity (Wildman–Crippen MR) is 81.9 cm³/mol. The van der Waals surface area contributed by atoms with Crippen LogP contribution in [0.15, 0.2) is 24.3 Å². The molecular weight excluding hydrogens is 270 g/mol. The van der Waals surface area contributed by atoms with Gasteiger partial charge in [-0.2, -0.15) is 0 Å². The number of carbonyl (C=O) groups excluding carboxylic acids is 2. The van der Waals surface area contributed by atoms with Crippen LogP contribution in [0.4, 0.5) is 5.69 Å². The molecule has 0 saturated heterocycles. The van der Waals surface area contributed by atoms with Crippen LogP contribution in [0.2, 0.25) is 0 Å². The van der Waals surface area contributed by atoms with E-state index in [1.165, 1.54) is 0 Å². The van der Waals surface area contributed by atoms with E-state index in [0.717, 1.165) is 0 Å². The topological polar surface area (TPSA) is 104 Å². The minimum absolute atomic E-state index is 0.104. The van der Waals surface area contributed by atoms with E-state index in [2.05, 4.69) is 10.6 Å². The first-order chi connectivity index (χ1) is 9.93. The minimum atomic E-state index is -0.544. The van der Waals surface area contributed by atoms with Crippen molar-refractivity contribution in [3.63, 3.8) is 0 Å². The van der Waals surface area contributed by atoms with Gasteiger partial charge in [-0.25, -0.2) is 0 Å². The fourth-order valence-corrected chi connectivity index (χ4v) is 1.83. The smallest absolute Gasteiger partial charge is 0.251 e. The Hall–Kier alpha value is -1.92.